The zero-order chi connectivity index (χ0) is 10.8. The highest BCUT2D eigenvalue weighted by atomic mass is 19.1. The molecule has 0 aliphatic carbocycles. The normalized spacial score (nSPS) is 28.0. The molecule has 1 fully saturated rings. The van der Waals surface area contributed by atoms with Crippen molar-refractivity contribution in [3.8, 4) is 0 Å². The first-order valence-corrected chi connectivity index (χ1v) is 5.52. The van der Waals surface area contributed by atoms with Crippen molar-refractivity contribution in [1.29, 1.82) is 0 Å². The van der Waals surface area contributed by atoms with Crippen molar-refractivity contribution >= 4 is 5.91 Å². The highest BCUT2D eigenvalue weighted by molar-refractivity contribution is 5.82. The number of halogens is 1. The third kappa shape index (κ3) is 2.20. The summed E-state index contributed by atoms with van der Waals surface area (Å²) in [6.07, 6.45) is 4.20. The Balaban J connectivity index is 1.98. The van der Waals surface area contributed by atoms with Crippen LogP contribution < -0.4 is 0 Å². The predicted octanol–water partition coefficient (Wildman–Crippen LogP) is 1.17. The Labute approximate surface area is 89.5 Å². The van der Waals surface area contributed by atoms with Crippen LogP contribution in [-0.2, 0) is 4.79 Å². The summed E-state index contributed by atoms with van der Waals surface area (Å²) in [4.78, 5) is 15.8. The van der Waals surface area contributed by atoms with E-state index < -0.39 is 0 Å². The Morgan fingerprint density at radius 3 is 2.93 bits per heavy atom. The minimum atomic E-state index is -0.171. The van der Waals surface area contributed by atoms with Crippen molar-refractivity contribution in [2.75, 3.05) is 26.7 Å². The van der Waals surface area contributed by atoms with Crippen molar-refractivity contribution in [2.24, 2.45) is 0 Å². The van der Waals surface area contributed by atoms with Crippen LogP contribution in [0.2, 0.25) is 0 Å². The maximum absolute atomic E-state index is 13.0. The molecule has 0 spiro atoms. The second-order valence-electron chi connectivity index (χ2n) is 4.34. The highest BCUT2D eigenvalue weighted by Gasteiger charge is 2.32. The molecule has 0 aromatic carbocycles. The Morgan fingerprint density at radius 2 is 2.33 bits per heavy atom. The number of carbonyl (C=O) groups excluding carboxylic acids is 1. The quantitative estimate of drug-likeness (QED) is 0.651. The molecule has 2 rings (SSSR count). The van der Waals surface area contributed by atoms with E-state index in [1.54, 1.807) is 11.0 Å². The highest BCUT2D eigenvalue weighted by Crippen LogP contribution is 2.19. The zero-order valence-corrected chi connectivity index (χ0v) is 9.08. The van der Waals surface area contributed by atoms with Crippen molar-refractivity contribution in [3.63, 3.8) is 0 Å². The second-order valence-corrected chi connectivity index (χ2v) is 4.34. The fourth-order valence-electron chi connectivity index (χ4n) is 2.32. The molecule has 0 aromatic rings. The standard InChI is InChI=1S/C11H17FN2O/c1-13-6-3-5-10(13)11(15)14-7-2-4-9(12)8-14/h4,10H,2-3,5-8H2,1H3/t10-/m1/s1. The van der Waals surface area contributed by atoms with Gasteiger partial charge in [-0.1, -0.05) is 0 Å². The SMILES string of the molecule is CN1CCC[C@@H]1C(=O)N1CCC=C(F)C1. The third-order valence-corrected chi connectivity index (χ3v) is 3.22. The molecule has 1 atom stereocenters. The van der Waals surface area contributed by atoms with Gasteiger partial charge in [0.2, 0.25) is 5.91 Å². The van der Waals surface area contributed by atoms with E-state index in [9.17, 15) is 9.18 Å². The van der Waals surface area contributed by atoms with Crippen LogP contribution in [0, 0.1) is 0 Å². The van der Waals surface area contributed by atoms with Crippen LogP contribution in [0.15, 0.2) is 11.9 Å². The van der Waals surface area contributed by atoms with Gasteiger partial charge in [-0.2, -0.15) is 0 Å². The number of hydrogen-bond donors (Lipinski definition) is 0. The second kappa shape index (κ2) is 4.31. The number of carbonyl (C=O) groups is 1. The Morgan fingerprint density at radius 1 is 1.53 bits per heavy atom. The lowest BCUT2D eigenvalue weighted by Crippen LogP contribution is -2.46. The fraction of sp³-hybridized carbons (Fsp3) is 0.727. The first-order valence-electron chi connectivity index (χ1n) is 5.52. The minimum absolute atomic E-state index is 0.0177. The molecule has 0 N–H and O–H groups in total. The van der Waals surface area contributed by atoms with Gasteiger partial charge in [0.05, 0.1) is 12.6 Å². The van der Waals surface area contributed by atoms with E-state index in [-0.39, 0.29) is 24.3 Å². The van der Waals surface area contributed by atoms with Crippen LogP contribution in [0.3, 0.4) is 0 Å². The van der Waals surface area contributed by atoms with E-state index in [4.69, 9.17) is 0 Å². The molecule has 1 amide bonds. The molecule has 0 aromatic heterocycles. The molecule has 2 aliphatic rings. The summed E-state index contributed by atoms with van der Waals surface area (Å²) in [5.41, 5.74) is 0. The molecule has 84 valence electrons. The lowest BCUT2D eigenvalue weighted by atomic mass is 10.1. The maximum atomic E-state index is 13.0. The summed E-state index contributed by atoms with van der Waals surface area (Å²) in [6, 6.07) is -0.0177. The van der Waals surface area contributed by atoms with Crippen molar-refractivity contribution in [3.05, 3.63) is 11.9 Å². The van der Waals surface area contributed by atoms with Gasteiger partial charge in [0.1, 0.15) is 5.83 Å². The summed E-state index contributed by atoms with van der Waals surface area (Å²) in [5, 5.41) is 0. The van der Waals surface area contributed by atoms with Gasteiger partial charge in [-0.25, -0.2) is 4.39 Å². The maximum Gasteiger partial charge on any atom is 0.240 e. The van der Waals surface area contributed by atoms with Crippen LogP contribution in [0.25, 0.3) is 0 Å². The van der Waals surface area contributed by atoms with E-state index in [0.29, 0.717) is 13.0 Å². The molecule has 4 heteroatoms. The molecule has 0 bridgehead atoms. The molecule has 0 saturated carbocycles. The van der Waals surface area contributed by atoms with E-state index in [2.05, 4.69) is 4.90 Å². The van der Waals surface area contributed by atoms with Crippen LogP contribution in [0.1, 0.15) is 19.3 Å². The Bertz CT molecular complexity index is 290. The van der Waals surface area contributed by atoms with Crippen LogP contribution in [0.5, 0.6) is 0 Å². The van der Waals surface area contributed by atoms with Gasteiger partial charge in [0, 0.05) is 6.54 Å². The van der Waals surface area contributed by atoms with E-state index in [1.165, 1.54) is 0 Å². The molecule has 0 radical (unpaired) electrons. The van der Waals surface area contributed by atoms with E-state index in [1.807, 2.05) is 7.05 Å². The fourth-order valence-corrected chi connectivity index (χ4v) is 2.32. The van der Waals surface area contributed by atoms with E-state index >= 15 is 0 Å². The van der Waals surface area contributed by atoms with Crippen LogP contribution in [-0.4, -0.2) is 48.4 Å². The topological polar surface area (TPSA) is 23.6 Å². The average Bonchev–Trinajstić information content (AvgIpc) is 2.63. The van der Waals surface area contributed by atoms with E-state index in [0.717, 1.165) is 19.4 Å². The molecule has 3 nitrogen and oxygen atoms in total. The zero-order valence-electron chi connectivity index (χ0n) is 9.08. The van der Waals surface area contributed by atoms with Gasteiger partial charge in [-0.3, -0.25) is 9.69 Å². The van der Waals surface area contributed by atoms with Crippen molar-refractivity contribution < 1.29 is 9.18 Å². The Kier molecular flexibility index (Phi) is 3.05. The third-order valence-electron chi connectivity index (χ3n) is 3.22. The van der Waals surface area contributed by atoms with Crippen molar-refractivity contribution in [2.45, 2.75) is 25.3 Å². The minimum Gasteiger partial charge on any atom is -0.334 e. The van der Waals surface area contributed by atoms with Crippen LogP contribution in [0.4, 0.5) is 4.39 Å². The van der Waals surface area contributed by atoms with Crippen molar-refractivity contribution in [1.82, 2.24) is 9.80 Å². The molecule has 0 unspecified atom stereocenters. The first-order chi connectivity index (χ1) is 7.18. The number of rotatable bonds is 1. The summed E-state index contributed by atoms with van der Waals surface area (Å²) in [6.45, 7) is 1.81. The van der Waals surface area contributed by atoms with Gasteiger partial charge in [0.25, 0.3) is 0 Å². The summed E-state index contributed by atoms with van der Waals surface area (Å²) in [7, 11) is 1.96. The number of likely N-dealkylation sites (tertiary alicyclic amines) is 1. The first kappa shape index (κ1) is 10.6. The molecule has 2 aliphatic heterocycles. The summed E-state index contributed by atoms with van der Waals surface area (Å²) in [5.74, 6) is -0.0755. The van der Waals surface area contributed by atoms with Crippen LogP contribution >= 0.6 is 0 Å². The van der Waals surface area contributed by atoms with Gasteiger partial charge < -0.3 is 4.90 Å². The smallest absolute Gasteiger partial charge is 0.240 e. The van der Waals surface area contributed by atoms with Gasteiger partial charge in [-0.05, 0) is 38.9 Å². The predicted molar refractivity (Wildman–Crippen MR) is 56.0 cm³/mol. The Hall–Kier alpha value is -0.900. The number of amides is 1. The number of nitrogens with zero attached hydrogens (tertiary/aromatic N) is 2. The number of hydrogen-bond acceptors (Lipinski definition) is 2. The lowest BCUT2D eigenvalue weighted by Gasteiger charge is -2.29. The van der Waals surface area contributed by atoms with Gasteiger partial charge in [-0.15, -0.1) is 0 Å². The summed E-state index contributed by atoms with van der Waals surface area (Å²) >= 11 is 0. The van der Waals surface area contributed by atoms with Gasteiger partial charge in [0.15, 0.2) is 0 Å². The van der Waals surface area contributed by atoms with Gasteiger partial charge >= 0.3 is 0 Å². The number of likely N-dealkylation sites (N-methyl/N-ethyl adjacent to an activating group) is 1. The molecule has 2 heterocycles. The lowest BCUT2D eigenvalue weighted by molar-refractivity contribution is -0.135. The molecular formula is C11H17FN2O. The summed E-state index contributed by atoms with van der Waals surface area (Å²) < 4.78 is 13.0. The molecule has 15 heavy (non-hydrogen) atoms. The molecule has 1 saturated heterocycles. The largest absolute Gasteiger partial charge is 0.334 e. The molecular weight excluding hydrogens is 195 g/mol. The monoisotopic (exact) mass is 212 g/mol. The average molecular weight is 212 g/mol.